The lowest BCUT2D eigenvalue weighted by atomic mass is 10.1. The van der Waals surface area contributed by atoms with E-state index in [1.807, 2.05) is 19.9 Å². The summed E-state index contributed by atoms with van der Waals surface area (Å²) in [6.45, 7) is 3.70. The zero-order valence-corrected chi connectivity index (χ0v) is 15.4. The quantitative estimate of drug-likeness (QED) is 0.758. The third kappa shape index (κ3) is 3.83. The first-order chi connectivity index (χ1) is 12.2. The minimum Gasteiger partial charge on any atom is -0.441 e. The summed E-state index contributed by atoms with van der Waals surface area (Å²) in [7, 11) is -3.38. The third-order valence-electron chi connectivity index (χ3n) is 3.92. The number of nitrogens with one attached hydrogen (secondary N) is 1. The van der Waals surface area contributed by atoms with E-state index in [0.29, 0.717) is 11.6 Å². The van der Waals surface area contributed by atoms with E-state index in [9.17, 15) is 13.2 Å². The number of nitrogens with zero attached hydrogens (tertiary/aromatic N) is 1. The predicted molar refractivity (Wildman–Crippen MR) is 98.9 cm³/mol. The van der Waals surface area contributed by atoms with Gasteiger partial charge in [0.2, 0.25) is 5.89 Å². The van der Waals surface area contributed by atoms with Gasteiger partial charge in [0.1, 0.15) is 5.76 Å². The zero-order chi connectivity index (χ0) is 18.9. The highest BCUT2D eigenvalue weighted by atomic mass is 32.2. The van der Waals surface area contributed by atoms with Crippen molar-refractivity contribution < 1.29 is 17.6 Å². The lowest BCUT2D eigenvalue weighted by Crippen LogP contribution is -2.12. The molecule has 0 unspecified atom stereocenters. The van der Waals surface area contributed by atoms with Gasteiger partial charge in [-0.1, -0.05) is 12.1 Å². The lowest BCUT2D eigenvalue weighted by molar-refractivity contribution is 0.102. The summed E-state index contributed by atoms with van der Waals surface area (Å²) in [5.41, 5.74) is 2.38. The van der Waals surface area contributed by atoms with Crippen molar-refractivity contribution in [2.75, 3.05) is 11.6 Å². The van der Waals surface area contributed by atoms with Crippen molar-refractivity contribution in [3.8, 4) is 11.5 Å². The Morgan fingerprint density at radius 3 is 2.46 bits per heavy atom. The second-order valence-corrected chi connectivity index (χ2v) is 8.01. The molecule has 1 N–H and O–H groups in total. The van der Waals surface area contributed by atoms with Gasteiger partial charge in [0.15, 0.2) is 9.84 Å². The van der Waals surface area contributed by atoms with Crippen LogP contribution in [0.25, 0.3) is 11.5 Å². The molecule has 1 heterocycles. The molecule has 26 heavy (non-hydrogen) atoms. The standard InChI is InChI=1S/C19H18N2O4S/c1-12-13(2)25-19(20-12)15-7-4-8-16(10-15)21-18(22)14-6-5-9-17(11-14)26(3,23)24/h4-11H,1-3H3,(H,21,22). The minimum atomic E-state index is -3.38. The second-order valence-electron chi connectivity index (χ2n) is 6.00. The van der Waals surface area contributed by atoms with Crippen molar-refractivity contribution in [1.29, 1.82) is 0 Å². The molecule has 7 heteroatoms. The minimum absolute atomic E-state index is 0.102. The molecule has 134 valence electrons. The summed E-state index contributed by atoms with van der Waals surface area (Å²) < 4.78 is 28.9. The fraction of sp³-hybridized carbons (Fsp3) is 0.158. The van der Waals surface area contributed by atoms with Crippen molar-refractivity contribution in [2.45, 2.75) is 18.7 Å². The first kappa shape index (κ1) is 17.9. The van der Waals surface area contributed by atoms with Gasteiger partial charge < -0.3 is 9.73 Å². The highest BCUT2D eigenvalue weighted by Crippen LogP contribution is 2.24. The maximum atomic E-state index is 12.5. The Morgan fingerprint density at radius 1 is 1.08 bits per heavy atom. The van der Waals surface area contributed by atoms with E-state index in [2.05, 4.69) is 10.3 Å². The molecule has 1 aromatic heterocycles. The molecule has 0 aliphatic heterocycles. The van der Waals surface area contributed by atoms with Crippen LogP contribution in [0.2, 0.25) is 0 Å². The number of amides is 1. The van der Waals surface area contributed by atoms with Crippen molar-refractivity contribution in [3.05, 3.63) is 65.5 Å². The van der Waals surface area contributed by atoms with E-state index in [1.54, 1.807) is 30.3 Å². The molecule has 0 atom stereocenters. The number of sulfone groups is 1. The Bertz CT molecular complexity index is 1060. The number of hydrogen-bond acceptors (Lipinski definition) is 5. The van der Waals surface area contributed by atoms with Crippen LogP contribution in [0.15, 0.2) is 57.8 Å². The van der Waals surface area contributed by atoms with Crippen LogP contribution < -0.4 is 5.32 Å². The fourth-order valence-electron chi connectivity index (χ4n) is 2.40. The van der Waals surface area contributed by atoms with Gasteiger partial charge in [0.25, 0.3) is 5.91 Å². The molecule has 0 saturated heterocycles. The topological polar surface area (TPSA) is 89.3 Å². The van der Waals surface area contributed by atoms with Crippen LogP contribution in [-0.4, -0.2) is 25.6 Å². The molecule has 3 aromatic rings. The predicted octanol–water partition coefficient (Wildman–Crippen LogP) is 3.61. The Kier molecular flexibility index (Phi) is 4.65. The summed E-state index contributed by atoms with van der Waals surface area (Å²) in [6, 6.07) is 13.0. The number of carbonyl (C=O) groups excluding carboxylic acids is 1. The molecule has 0 radical (unpaired) electrons. The van der Waals surface area contributed by atoms with Crippen LogP contribution in [0.4, 0.5) is 5.69 Å². The maximum absolute atomic E-state index is 12.5. The number of aromatic nitrogens is 1. The van der Waals surface area contributed by atoms with Gasteiger partial charge in [-0.3, -0.25) is 4.79 Å². The van der Waals surface area contributed by atoms with Crippen LogP contribution in [0.3, 0.4) is 0 Å². The van der Waals surface area contributed by atoms with Gasteiger partial charge in [0.05, 0.1) is 10.6 Å². The van der Waals surface area contributed by atoms with Crippen molar-refractivity contribution in [3.63, 3.8) is 0 Å². The summed E-state index contributed by atoms with van der Waals surface area (Å²) in [6.07, 6.45) is 1.10. The number of carbonyl (C=O) groups is 1. The summed E-state index contributed by atoms with van der Waals surface area (Å²) in [5.74, 6) is 0.828. The molecule has 0 saturated carbocycles. The molecular weight excluding hydrogens is 352 g/mol. The van der Waals surface area contributed by atoms with Crippen LogP contribution >= 0.6 is 0 Å². The van der Waals surface area contributed by atoms with Crippen LogP contribution in [0.1, 0.15) is 21.8 Å². The normalized spacial score (nSPS) is 11.3. The van der Waals surface area contributed by atoms with Crippen LogP contribution in [-0.2, 0) is 9.84 Å². The summed E-state index contributed by atoms with van der Waals surface area (Å²) in [5, 5.41) is 2.77. The zero-order valence-electron chi connectivity index (χ0n) is 14.6. The molecule has 0 aliphatic carbocycles. The molecule has 0 fully saturated rings. The average Bonchev–Trinajstić information content (AvgIpc) is 2.94. The lowest BCUT2D eigenvalue weighted by Gasteiger charge is -2.07. The largest absolute Gasteiger partial charge is 0.441 e. The first-order valence-electron chi connectivity index (χ1n) is 7.90. The van der Waals surface area contributed by atoms with E-state index in [0.717, 1.165) is 23.3 Å². The van der Waals surface area contributed by atoms with E-state index < -0.39 is 15.7 Å². The SMILES string of the molecule is Cc1nc(-c2cccc(NC(=O)c3cccc(S(C)(=O)=O)c3)c2)oc1C. The third-order valence-corrected chi connectivity index (χ3v) is 5.03. The highest BCUT2D eigenvalue weighted by Gasteiger charge is 2.13. The Balaban J connectivity index is 1.85. The van der Waals surface area contributed by atoms with Gasteiger partial charge in [0, 0.05) is 23.1 Å². The number of oxazole rings is 1. The summed E-state index contributed by atoms with van der Waals surface area (Å²) >= 11 is 0. The van der Waals surface area contributed by atoms with E-state index >= 15 is 0 Å². The maximum Gasteiger partial charge on any atom is 0.255 e. The van der Waals surface area contributed by atoms with E-state index in [1.165, 1.54) is 12.1 Å². The van der Waals surface area contributed by atoms with Crippen molar-refractivity contribution in [2.24, 2.45) is 0 Å². The molecule has 0 spiro atoms. The molecular formula is C19H18N2O4S. The fourth-order valence-corrected chi connectivity index (χ4v) is 3.06. The number of rotatable bonds is 4. The van der Waals surface area contributed by atoms with Gasteiger partial charge in [-0.05, 0) is 50.2 Å². The van der Waals surface area contributed by atoms with Gasteiger partial charge >= 0.3 is 0 Å². The van der Waals surface area contributed by atoms with Crippen LogP contribution in [0, 0.1) is 13.8 Å². The molecule has 0 aliphatic rings. The average molecular weight is 370 g/mol. The first-order valence-corrected chi connectivity index (χ1v) is 9.79. The van der Waals surface area contributed by atoms with E-state index in [4.69, 9.17) is 4.42 Å². The van der Waals surface area contributed by atoms with Gasteiger partial charge in [-0.2, -0.15) is 0 Å². The number of aryl methyl sites for hydroxylation is 2. The van der Waals surface area contributed by atoms with Gasteiger partial charge in [-0.15, -0.1) is 0 Å². The monoisotopic (exact) mass is 370 g/mol. The van der Waals surface area contributed by atoms with Crippen LogP contribution in [0.5, 0.6) is 0 Å². The number of hydrogen-bond donors (Lipinski definition) is 1. The highest BCUT2D eigenvalue weighted by molar-refractivity contribution is 7.90. The number of benzene rings is 2. The molecule has 3 rings (SSSR count). The Morgan fingerprint density at radius 2 is 1.81 bits per heavy atom. The van der Waals surface area contributed by atoms with Gasteiger partial charge in [-0.25, -0.2) is 13.4 Å². The molecule has 1 amide bonds. The molecule has 0 bridgehead atoms. The molecule has 6 nitrogen and oxygen atoms in total. The molecule has 2 aromatic carbocycles. The smallest absolute Gasteiger partial charge is 0.255 e. The van der Waals surface area contributed by atoms with E-state index in [-0.39, 0.29) is 10.5 Å². The second kappa shape index (κ2) is 6.76. The van der Waals surface area contributed by atoms with Crippen molar-refractivity contribution >= 4 is 21.4 Å². The number of anilines is 1. The summed E-state index contributed by atoms with van der Waals surface area (Å²) in [4.78, 5) is 16.9. The Labute approximate surface area is 151 Å². The Hall–Kier alpha value is -2.93. The van der Waals surface area contributed by atoms with Crippen molar-refractivity contribution in [1.82, 2.24) is 4.98 Å².